The summed E-state index contributed by atoms with van der Waals surface area (Å²) in [5.41, 5.74) is 0. The van der Waals surface area contributed by atoms with Gasteiger partial charge in [-0.05, 0) is 32.1 Å². The van der Waals surface area contributed by atoms with Crippen molar-refractivity contribution < 1.29 is 24.5 Å². The maximum absolute atomic E-state index is 12.5. The van der Waals surface area contributed by atoms with Gasteiger partial charge >= 0.3 is 5.97 Å². The molecule has 6 heteroatoms. The summed E-state index contributed by atoms with van der Waals surface area (Å²) in [5.74, 6) is -0.0822. The van der Waals surface area contributed by atoms with E-state index >= 15 is 0 Å². The molecule has 0 radical (unpaired) electrons. The van der Waals surface area contributed by atoms with Crippen LogP contribution >= 0.6 is 0 Å². The number of hydrogen-bond acceptors (Lipinski definition) is 5. The number of aliphatic hydroxyl groups excluding tert-OH is 2. The Kier molecular flexibility index (Phi) is 52.0. The number of rotatable bonds is 53. The number of amides is 1. The van der Waals surface area contributed by atoms with Crippen molar-refractivity contribution in [3.8, 4) is 0 Å². The Morgan fingerprint density at radius 1 is 0.429 bits per heavy atom. The fourth-order valence-corrected chi connectivity index (χ4v) is 8.93. The van der Waals surface area contributed by atoms with Crippen molar-refractivity contribution in [3.05, 3.63) is 12.2 Å². The predicted molar refractivity (Wildman–Crippen MR) is 273 cm³/mol. The highest BCUT2D eigenvalue weighted by Crippen LogP contribution is 2.17. The molecular formula is C57H111NO5. The minimum absolute atomic E-state index is 0.00461. The van der Waals surface area contributed by atoms with Crippen LogP contribution in [0.1, 0.15) is 316 Å². The molecule has 0 aromatic rings. The second kappa shape index (κ2) is 53.2. The molecule has 2 unspecified atom stereocenters. The Morgan fingerprint density at radius 3 is 1.08 bits per heavy atom. The average Bonchev–Trinajstić information content (AvgIpc) is 3.28. The molecule has 63 heavy (non-hydrogen) atoms. The zero-order valence-electron chi connectivity index (χ0n) is 42.6. The van der Waals surface area contributed by atoms with E-state index in [2.05, 4.69) is 19.2 Å². The van der Waals surface area contributed by atoms with E-state index in [1.54, 1.807) is 6.08 Å². The number of carbonyl (C=O) groups is 2. The molecule has 0 heterocycles. The first-order chi connectivity index (χ1) is 31.0. The number of allylic oxidation sites excluding steroid dienone is 1. The summed E-state index contributed by atoms with van der Waals surface area (Å²) in [5, 5.41) is 23.1. The maximum atomic E-state index is 12.5. The Balaban J connectivity index is 3.48. The van der Waals surface area contributed by atoms with Gasteiger partial charge in [-0.3, -0.25) is 9.59 Å². The lowest BCUT2D eigenvalue weighted by Crippen LogP contribution is -2.45. The highest BCUT2D eigenvalue weighted by atomic mass is 16.5. The molecule has 374 valence electrons. The molecule has 0 bridgehead atoms. The topological polar surface area (TPSA) is 95.9 Å². The Hall–Kier alpha value is -1.40. The molecule has 3 N–H and O–H groups in total. The minimum atomic E-state index is -0.852. The zero-order chi connectivity index (χ0) is 45.8. The van der Waals surface area contributed by atoms with Gasteiger partial charge in [-0.25, -0.2) is 0 Å². The third-order valence-electron chi connectivity index (χ3n) is 13.3. The van der Waals surface area contributed by atoms with Gasteiger partial charge in [-0.15, -0.1) is 0 Å². The molecule has 2 atom stereocenters. The van der Waals surface area contributed by atoms with Crippen molar-refractivity contribution in [1.82, 2.24) is 5.32 Å². The highest BCUT2D eigenvalue weighted by molar-refractivity contribution is 5.76. The van der Waals surface area contributed by atoms with E-state index in [1.165, 1.54) is 231 Å². The average molecular weight is 891 g/mol. The summed E-state index contributed by atoms with van der Waals surface area (Å²) in [4.78, 5) is 24.5. The fraction of sp³-hybridized carbons (Fsp3) is 0.930. The Morgan fingerprint density at radius 2 is 0.730 bits per heavy atom. The molecule has 0 aliphatic carbocycles. The van der Waals surface area contributed by atoms with Gasteiger partial charge in [0.05, 0.1) is 25.4 Å². The summed E-state index contributed by atoms with van der Waals surface area (Å²) in [6, 6.07) is -0.637. The molecule has 0 fully saturated rings. The first kappa shape index (κ1) is 61.6. The lowest BCUT2D eigenvalue weighted by Gasteiger charge is -2.20. The quantitative estimate of drug-likeness (QED) is 0.0321. The van der Waals surface area contributed by atoms with E-state index in [0.717, 1.165) is 57.8 Å². The normalized spacial score (nSPS) is 12.6. The number of hydrogen-bond donors (Lipinski definition) is 3. The number of nitrogens with one attached hydrogen (secondary N) is 1. The van der Waals surface area contributed by atoms with Crippen molar-refractivity contribution in [3.63, 3.8) is 0 Å². The monoisotopic (exact) mass is 890 g/mol. The van der Waals surface area contributed by atoms with Gasteiger partial charge in [0.1, 0.15) is 0 Å². The van der Waals surface area contributed by atoms with Gasteiger partial charge in [-0.1, -0.05) is 283 Å². The fourth-order valence-electron chi connectivity index (χ4n) is 8.93. The molecule has 6 nitrogen and oxygen atoms in total. The van der Waals surface area contributed by atoms with Gasteiger partial charge in [-0.2, -0.15) is 0 Å². The van der Waals surface area contributed by atoms with E-state index in [-0.39, 0.29) is 18.5 Å². The van der Waals surface area contributed by atoms with Gasteiger partial charge in [0, 0.05) is 12.8 Å². The van der Waals surface area contributed by atoms with E-state index in [4.69, 9.17) is 4.74 Å². The molecular weight excluding hydrogens is 779 g/mol. The molecule has 0 aromatic carbocycles. The van der Waals surface area contributed by atoms with Crippen LogP contribution in [0.4, 0.5) is 0 Å². The van der Waals surface area contributed by atoms with Gasteiger partial charge < -0.3 is 20.3 Å². The number of ether oxygens (including phenoxy) is 1. The summed E-state index contributed by atoms with van der Waals surface area (Å²) in [7, 11) is 0. The number of esters is 1. The molecule has 0 aromatic heterocycles. The SMILES string of the molecule is CCCCCCCCCCCCCCCCCCCC/C=C/C(O)C(CO)NC(=O)CCCCCCCCCCCCCCCOC(=O)CCCCCCCCCCCCCCC. The number of carbonyl (C=O) groups excluding carboxylic acids is 2. The van der Waals surface area contributed by atoms with Crippen LogP contribution in [0, 0.1) is 0 Å². The largest absolute Gasteiger partial charge is 0.466 e. The van der Waals surface area contributed by atoms with Crippen LogP contribution in [0.15, 0.2) is 12.2 Å². The van der Waals surface area contributed by atoms with Crippen LogP contribution in [-0.2, 0) is 14.3 Å². The van der Waals surface area contributed by atoms with Crippen molar-refractivity contribution >= 4 is 11.9 Å². The van der Waals surface area contributed by atoms with Crippen molar-refractivity contribution in [1.29, 1.82) is 0 Å². The Labute approximate surface area is 393 Å². The van der Waals surface area contributed by atoms with Crippen molar-refractivity contribution in [2.24, 2.45) is 0 Å². The van der Waals surface area contributed by atoms with Crippen LogP contribution in [0.25, 0.3) is 0 Å². The van der Waals surface area contributed by atoms with E-state index in [1.807, 2.05) is 6.08 Å². The third kappa shape index (κ3) is 49.9. The number of unbranched alkanes of at least 4 members (excludes halogenated alkanes) is 42. The van der Waals surface area contributed by atoms with Gasteiger partial charge in [0.15, 0.2) is 0 Å². The van der Waals surface area contributed by atoms with E-state index < -0.39 is 12.1 Å². The molecule has 0 saturated heterocycles. The summed E-state index contributed by atoms with van der Waals surface area (Å²) in [6.07, 6.45) is 62.2. The van der Waals surface area contributed by atoms with Crippen LogP contribution in [-0.4, -0.2) is 47.4 Å². The first-order valence-corrected chi connectivity index (χ1v) is 28.5. The lowest BCUT2D eigenvalue weighted by atomic mass is 10.0. The highest BCUT2D eigenvalue weighted by Gasteiger charge is 2.18. The van der Waals surface area contributed by atoms with Crippen molar-refractivity contribution in [2.45, 2.75) is 328 Å². The molecule has 0 aliphatic rings. The van der Waals surface area contributed by atoms with E-state index in [0.29, 0.717) is 19.4 Å². The van der Waals surface area contributed by atoms with Crippen LogP contribution < -0.4 is 5.32 Å². The summed E-state index contributed by atoms with van der Waals surface area (Å²) >= 11 is 0. The van der Waals surface area contributed by atoms with Gasteiger partial charge in [0.2, 0.25) is 5.91 Å². The summed E-state index contributed by atoms with van der Waals surface area (Å²) in [6.45, 7) is 4.90. The van der Waals surface area contributed by atoms with Crippen LogP contribution in [0.2, 0.25) is 0 Å². The predicted octanol–water partition coefficient (Wildman–Crippen LogP) is 17.3. The minimum Gasteiger partial charge on any atom is -0.466 e. The van der Waals surface area contributed by atoms with Gasteiger partial charge in [0.25, 0.3) is 0 Å². The number of aliphatic hydroxyl groups is 2. The van der Waals surface area contributed by atoms with Crippen LogP contribution in [0.3, 0.4) is 0 Å². The molecule has 0 rings (SSSR count). The zero-order valence-corrected chi connectivity index (χ0v) is 42.6. The lowest BCUT2D eigenvalue weighted by molar-refractivity contribution is -0.143. The summed E-state index contributed by atoms with van der Waals surface area (Å²) < 4.78 is 5.46. The first-order valence-electron chi connectivity index (χ1n) is 28.5. The van der Waals surface area contributed by atoms with E-state index in [9.17, 15) is 19.8 Å². The maximum Gasteiger partial charge on any atom is 0.305 e. The molecule has 0 saturated carbocycles. The second-order valence-electron chi connectivity index (χ2n) is 19.6. The van der Waals surface area contributed by atoms with Crippen molar-refractivity contribution in [2.75, 3.05) is 13.2 Å². The Bertz CT molecular complexity index is 939. The molecule has 0 spiro atoms. The molecule has 0 aliphatic heterocycles. The standard InChI is InChI=1S/C57H111NO5/c1-3-5-7-9-11-13-15-17-18-19-20-21-22-23-26-29-33-37-41-45-49-55(60)54(53-59)58-56(61)50-46-42-38-34-30-27-24-28-32-36-40-44-48-52-63-57(62)51-47-43-39-35-31-25-16-14-12-10-8-6-4-2/h45,49,54-55,59-60H,3-44,46-48,50-53H2,1-2H3,(H,58,61)/b49-45+. The second-order valence-corrected chi connectivity index (χ2v) is 19.6. The third-order valence-corrected chi connectivity index (χ3v) is 13.3. The smallest absolute Gasteiger partial charge is 0.305 e. The molecule has 1 amide bonds. The van der Waals surface area contributed by atoms with Crippen LogP contribution in [0.5, 0.6) is 0 Å².